The van der Waals surface area contributed by atoms with Gasteiger partial charge in [0, 0.05) is 27.1 Å². The van der Waals surface area contributed by atoms with Crippen LogP contribution in [-0.4, -0.2) is 20.7 Å². The van der Waals surface area contributed by atoms with Crippen LogP contribution in [0.25, 0.3) is 33.5 Å². The van der Waals surface area contributed by atoms with E-state index in [0.717, 1.165) is 61.0 Å². The lowest BCUT2D eigenvalue weighted by Crippen LogP contribution is -2.64. The van der Waals surface area contributed by atoms with Crippen molar-refractivity contribution in [3.63, 3.8) is 0 Å². The van der Waals surface area contributed by atoms with Crippen LogP contribution in [0.3, 0.4) is 0 Å². The predicted octanol–water partition coefficient (Wildman–Crippen LogP) is 5.80. The Hall–Kier alpha value is -4.97. The average Bonchev–Trinajstić information content (AvgIpc) is 3.53. The molecule has 5 aromatic carbocycles. The lowest BCUT2D eigenvalue weighted by Gasteiger charge is -2.44. The summed E-state index contributed by atoms with van der Waals surface area (Å²) in [7, 11) is 0. The number of ether oxygens (including phenoxy) is 2. The van der Waals surface area contributed by atoms with Gasteiger partial charge in [-0.05, 0) is 58.5 Å². The standard InChI is InChI=1S/C34H22BN3O2/c1-34(2)20-9-7-15-26-30(20)35-31-21(34)10-8-16-27(31)40-29-18-19(17-28(39-26)32(29)35)37-24-13-5-6-14-25(24)38-23-12-4-3-11-22(23)36-33(37)38/h3-18H,1-2H3/i1D3. The van der Waals surface area contributed by atoms with E-state index < -0.39 is 12.3 Å². The number of benzene rings is 5. The fraction of sp³-hybridized carbons (Fsp3) is 0.0882. The van der Waals surface area contributed by atoms with Crippen molar-refractivity contribution in [3.8, 4) is 28.7 Å². The molecule has 40 heavy (non-hydrogen) atoms. The Balaban J connectivity index is 1.28. The Kier molecular flexibility index (Phi) is 3.11. The van der Waals surface area contributed by atoms with Crippen molar-refractivity contribution in [2.24, 2.45) is 0 Å². The van der Waals surface area contributed by atoms with Crippen LogP contribution in [0.5, 0.6) is 23.0 Å². The number of aromatic nitrogens is 3. The topological polar surface area (TPSA) is 40.7 Å². The third-order valence-corrected chi connectivity index (χ3v) is 8.97. The van der Waals surface area contributed by atoms with Crippen molar-refractivity contribution >= 4 is 50.9 Å². The van der Waals surface area contributed by atoms with Gasteiger partial charge in [0.15, 0.2) is 0 Å². The number of para-hydroxylation sites is 4. The average molecular weight is 518 g/mol. The summed E-state index contributed by atoms with van der Waals surface area (Å²) in [6.07, 6.45) is 0. The molecular weight excluding hydrogens is 493 g/mol. The van der Waals surface area contributed by atoms with Crippen LogP contribution in [0.2, 0.25) is 0 Å². The number of fused-ring (bicyclic) bond motifs is 5. The molecule has 0 saturated carbocycles. The summed E-state index contributed by atoms with van der Waals surface area (Å²) in [6.45, 7) is -0.641. The maximum atomic E-state index is 8.65. The number of rotatable bonds is 1. The molecule has 5 nitrogen and oxygen atoms in total. The molecule has 0 radical (unpaired) electrons. The monoisotopic (exact) mass is 518 g/mol. The van der Waals surface area contributed by atoms with Crippen LogP contribution in [0, 0.1) is 0 Å². The number of hydrogen-bond acceptors (Lipinski definition) is 3. The van der Waals surface area contributed by atoms with Gasteiger partial charge in [0.1, 0.15) is 23.0 Å². The van der Waals surface area contributed by atoms with Gasteiger partial charge in [0.05, 0.1) is 27.8 Å². The lowest BCUT2D eigenvalue weighted by molar-refractivity contribution is 0.459. The molecule has 3 aliphatic rings. The highest BCUT2D eigenvalue weighted by Crippen LogP contribution is 2.44. The molecule has 0 bridgehead atoms. The first-order valence-corrected chi connectivity index (χ1v) is 13.5. The number of hydrogen-bond donors (Lipinski definition) is 0. The third-order valence-electron chi connectivity index (χ3n) is 8.97. The molecule has 0 atom stereocenters. The van der Waals surface area contributed by atoms with Crippen molar-refractivity contribution in [2.45, 2.75) is 19.2 Å². The predicted molar refractivity (Wildman–Crippen MR) is 159 cm³/mol. The van der Waals surface area contributed by atoms with E-state index in [0.29, 0.717) is 23.0 Å². The minimum atomic E-state index is -2.28. The minimum Gasteiger partial charge on any atom is -0.458 e. The molecule has 10 rings (SSSR count). The molecule has 2 aromatic heterocycles. The van der Waals surface area contributed by atoms with E-state index in [1.165, 1.54) is 0 Å². The summed E-state index contributed by atoms with van der Waals surface area (Å²) in [4.78, 5) is 5.05. The second-order valence-electron chi connectivity index (χ2n) is 11.1. The molecule has 0 fully saturated rings. The van der Waals surface area contributed by atoms with Crippen LogP contribution in [-0.2, 0) is 5.41 Å². The van der Waals surface area contributed by atoms with E-state index in [1.54, 1.807) is 0 Å². The van der Waals surface area contributed by atoms with Gasteiger partial charge in [-0.3, -0.25) is 8.97 Å². The van der Waals surface area contributed by atoms with Crippen molar-refractivity contribution in [1.29, 1.82) is 0 Å². The van der Waals surface area contributed by atoms with E-state index in [-0.39, 0.29) is 6.71 Å². The van der Waals surface area contributed by atoms with Gasteiger partial charge in [-0.15, -0.1) is 0 Å². The molecule has 6 heteroatoms. The van der Waals surface area contributed by atoms with Crippen LogP contribution < -0.4 is 25.9 Å². The molecule has 0 saturated heterocycles. The van der Waals surface area contributed by atoms with Crippen molar-refractivity contribution in [3.05, 3.63) is 108 Å². The van der Waals surface area contributed by atoms with Gasteiger partial charge < -0.3 is 9.47 Å². The lowest BCUT2D eigenvalue weighted by atomic mass is 9.30. The highest BCUT2D eigenvalue weighted by Gasteiger charge is 2.49. The van der Waals surface area contributed by atoms with E-state index in [1.807, 2.05) is 73.7 Å². The van der Waals surface area contributed by atoms with Gasteiger partial charge >= 0.3 is 0 Å². The SMILES string of the molecule is [2H]C([2H])([2H])C1(C)c2cccc3c2B2c4c(cc(-n5c6ccccc6n6c7ccccc7nc56)cc4Oc4cccc1c42)O3. The Bertz CT molecular complexity index is 2310. The van der Waals surface area contributed by atoms with Crippen molar-refractivity contribution in [2.75, 3.05) is 0 Å². The van der Waals surface area contributed by atoms with E-state index >= 15 is 0 Å². The molecule has 188 valence electrons. The minimum absolute atomic E-state index is 0.190. The smallest absolute Gasteiger partial charge is 0.261 e. The molecule has 0 spiro atoms. The normalized spacial score (nSPS) is 16.7. The Morgan fingerprint density at radius 2 is 1.32 bits per heavy atom. The Labute approximate surface area is 234 Å². The van der Waals surface area contributed by atoms with Gasteiger partial charge in [-0.2, -0.15) is 0 Å². The van der Waals surface area contributed by atoms with E-state index in [4.69, 9.17) is 18.6 Å². The summed E-state index contributed by atoms with van der Waals surface area (Å²) < 4.78 is 43.6. The summed E-state index contributed by atoms with van der Waals surface area (Å²) >= 11 is 0. The highest BCUT2D eigenvalue weighted by molar-refractivity contribution is 6.99. The van der Waals surface area contributed by atoms with Crippen LogP contribution in [0.15, 0.2) is 97.1 Å². The summed E-state index contributed by atoms with van der Waals surface area (Å²) in [6, 6.07) is 32.2. The summed E-state index contributed by atoms with van der Waals surface area (Å²) in [5.41, 5.74) is 8.03. The van der Waals surface area contributed by atoms with Crippen molar-refractivity contribution in [1.82, 2.24) is 14.0 Å². The van der Waals surface area contributed by atoms with Gasteiger partial charge in [-0.25, -0.2) is 4.98 Å². The van der Waals surface area contributed by atoms with Crippen LogP contribution in [0.1, 0.15) is 29.0 Å². The zero-order valence-corrected chi connectivity index (χ0v) is 21.5. The highest BCUT2D eigenvalue weighted by atomic mass is 16.5. The van der Waals surface area contributed by atoms with Gasteiger partial charge in [-0.1, -0.05) is 62.3 Å². The maximum Gasteiger partial charge on any atom is 0.261 e. The quantitative estimate of drug-likeness (QED) is 0.258. The molecule has 5 heterocycles. The fourth-order valence-electron chi connectivity index (χ4n) is 7.32. The first-order chi connectivity index (χ1) is 20.8. The maximum absolute atomic E-state index is 8.65. The molecule has 0 aliphatic carbocycles. The first-order valence-electron chi connectivity index (χ1n) is 15.0. The second-order valence-corrected chi connectivity index (χ2v) is 11.1. The zero-order chi connectivity index (χ0) is 28.8. The largest absolute Gasteiger partial charge is 0.458 e. The summed E-state index contributed by atoms with van der Waals surface area (Å²) in [5, 5.41) is 0. The molecule has 0 amide bonds. The molecule has 0 unspecified atom stereocenters. The molecular formula is C34H22BN3O2. The fourth-order valence-corrected chi connectivity index (χ4v) is 7.32. The van der Waals surface area contributed by atoms with Crippen LogP contribution in [0.4, 0.5) is 0 Å². The number of imidazole rings is 2. The van der Waals surface area contributed by atoms with Crippen molar-refractivity contribution < 1.29 is 13.6 Å². The molecule has 7 aromatic rings. The second kappa shape index (κ2) is 6.78. The Morgan fingerprint density at radius 3 is 2.00 bits per heavy atom. The van der Waals surface area contributed by atoms with Gasteiger partial charge in [0.25, 0.3) is 6.71 Å². The zero-order valence-electron chi connectivity index (χ0n) is 24.5. The molecule has 0 N–H and O–H groups in total. The van der Waals surface area contributed by atoms with Gasteiger partial charge in [0.2, 0.25) is 5.78 Å². The van der Waals surface area contributed by atoms with E-state index in [2.05, 4.69) is 39.3 Å². The van der Waals surface area contributed by atoms with E-state index in [9.17, 15) is 0 Å². The Morgan fingerprint density at radius 1 is 0.700 bits per heavy atom. The molecule has 3 aliphatic heterocycles. The first kappa shape index (κ1) is 18.3. The summed E-state index contributed by atoms with van der Waals surface area (Å²) in [5.74, 6) is 3.58. The van der Waals surface area contributed by atoms with Crippen LogP contribution >= 0.6 is 0 Å². The number of nitrogens with zero attached hydrogens (tertiary/aromatic N) is 3. The third kappa shape index (κ3) is 2.31.